The number of carboxylic acid groups (broad SMARTS) is 1. The van der Waals surface area contributed by atoms with Gasteiger partial charge in [-0.1, -0.05) is 62.3 Å². The highest BCUT2D eigenvalue weighted by Gasteiger charge is 2.05. The quantitative estimate of drug-likeness (QED) is 0.287. The lowest BCUT2D eigenvalue weighted by Crippen LogP contribution is -2.07. The molecule has 1 atom stereocenters. The van der Waals surface area contributed by atoms with Crippen molar-refractivity contribution >= 4 is 5.97 Å². The van der Waals surface area contributed by atoms with Crippen molar-refractivity contribution in [1.82, 2.24) is 0 Å². The zero-order chi connectivity index (χ0) is 19.5. The smallest absolute Gasteiger partial charge is 0.303 e. The van der Waals surface area contributed by atoms with Crippen LogP contribution in [-0.4, -0.2) is 22.3 Å². The maximum atomic E-state index is 10.2. The van der Waals surface area contributed by atoms with Gasteiger partial charge in [-0.3, -0.25) is 4.79 Å². The number of hydrogen-bond donors (Lipinski definition) is 2. The maximum Gasteiger partial charge on any atom is 0.303 e. The molecule has 0 heterocycles. The van der Waals surface area contributed by atoms with Crippen molar-refractivity contribution in [3.8, 4) is 0 Å². The lowest BCUT2D eigenvalue weighted by Gasteiger charge is -2.09. The average molecular weight is 355 g/mol. The Labute approximate surface area is 156 Å². The third-order valence-corrected chi connectivity index (χ3v) is 4.15. The van der Waals surface area contributed by atoms with Gasteiger partial charge in [-0.2, -0.15) is 0 Å². The molecule has 3 heteroatoms. The Morgan fingerprint density at radius 2 is 1.56 bits per heavy atom. The summed E-state index contributed by atoms with van der Waals surface area (Å²) in [5.41, 5.74) is 2.90. The van der Waals surface area contributed by atoms with E-state index in [1.807, 2.05) is 0 Å². The van der Waals surface area contributed by atoms with Crippen LogP contribution in [0.5, 0.6) is 0 Å². The van der Waals surface area contributed by atoms with Crippen molar-refractivity contribution in [2.24, 2.45) is 0 Å². The Morgan fingerprint density at radius 1 is 0.960 bits per heavy atom. The van der Waals surface area contributed by atoms with E-state index in [1.54, 1.807) is 0 Å². The number of hydrogen-bond acceptors (Lipinski definition) is 2. The Hall–Kier alpha value is -1.09. The van der Waals surface area contributed by atoms with Gasteiger partial charge in [0.25, 0.3) is 0 Å². The fourth-order valence-corrected chi connectivity index (χ4v) is 2.35. The number of carbonyl (C=O) groups is 1. The molecule has 0 aliphatic carbocycles. The van der Waals surface area contributed by atoms with Crippen molar-refractivity contribution in [2.45, 2.75) is 111 Å². The first-order chi connectivity index (χ1) is 11.8. The van der Waals surface area contributed by atoms with E-state index in [0.717, 1.165) is 12.8 Å². The van der Waals surface area contributed by atoms with E-state index in [4.69, 9.17) is 5.11 Å². The van der Waals surface area contributed by atoms with Crippen LogP contribution in [0.25, 0.3) is 0 Å². The van der Waals surface area contributed by atoms with Crippen LogP contribution < -0.4 is 0 Å². The molecular weight excluding hydrogens is 312 g/mol. The second kappa shape index (κ2) is 19.2. The molecule has 1 unspecified atom stereocenters. The van der Waals surface area contributed by atoms with Crippen LogP contribution in [0.15, 0.2) is 23.3 Å². The Morgan fingerprint density at radius 3 is 2.08 bits per heavy atom. The third kappa shape index (κ3) is 25.3. The summed E-state index contributed by atoms with van der Waals surface area (Å²) in [6, 6.07) is 0. The van der Waals surface area contributed by atoms with Crippen molar-refractivity contribution in [3.05, 3.63) is 23.3 Å². The van der Waals surface area contributed by atoms with Crippen LogP contribution in [0.3, 0.4) is 0 Å². The first-order valence-corrected chi connectivity index (χ1v) is 9.98. The second-order valence-corrected chi connectivity index (χ2v) is 7.10. The van der Waals surface area contributed by atoms with Crippen molar-refractivity contribution in [2.75, 3.05) is 0 Å². The van der Waals surface area contributed by atoms with E-state index in [1.165, 1.54) is 49.7 Å². The van der Waals surface area contributed by atoms with Gasteiger partial charge in [0, 0.05) is 6.42 Å². The predicted molar refractivity (Wildman–Crippen MR) is 109 cm³/mol. The molecule has 0 saturated heterocycles. The summed E-state index contributed by atoms with van der Waals surface area (Å²) >= 11 is 0. The molecule has 0 spiro atoms. The topological polar surface area (TPSA) is 57.5 Å². The lowest BCUT2D eigenvalue weighted by molar-refractivity contribution is -0.137. The standard InChI is InChI=1S/C12H24O3.C10H18/c1-2-3-4-5-6-8-11(13)9-7-10-12(14)15;1-5-10(4)8-6-7-9(2)3/h11,13H,2-10H2,1H3,(H,14,15);5,7H,6,8H2,1-4H3/b;10-5+. The zero-order valence-corrected chi connectivity index (χ0v) is 17.3. The predicted octanol–water partition coefficient (Wildman–Crippen LogP) is 6.66. The normalized spacial score (nSPS) is 12.2. The summed E-state index contributed by atoms with van der Waals surface area (Å²) in [6.07, 6.45) is 14.8. The zero-order valence-electron chi connectivity index (χ0n) is 17.3. The van der Waals surface area contributed by atoms with Gasteiger partial charge >= 0.3 is 5.97 Å². The molecule has 0 rings (SSSR count). The number of rotatable bonds is 13. The minimum Gasteiger partial charge on any atom is -0.481 e. The minimum absolute atomic E-state index is 0.174. The van der Waals surface area contributed by atoms with Gasteiger partial charge in [0.1, 0.15) is 0 Å². The molecule has 0 aliphatic rings. The molecule has 148 valence electrons. The fourth-order valence-electron chi connectivity index (χ4n) is 2.35. The van der Waals surface area contributed by atoms with Gasteiger partial charge in [-0.05, 0) is 59.8 Å². The number of aliphatic hydroxyl groups excluding tert-OH is 1. The fraction of sp³-hybridized carbons (Fsp3) is 0.773. The van der Waals surface area contributed by atoms with Crippen LogP contribution in [0.1, 0.15) is 105 Å². The molecule has 0 saturated carbocycles. The summed E-state index contributed by atoms with van der Waals surface area (Å²) in [5, 5.41) is 17.9. The number of aliphatic carboxylic acids is 1. The molecule has 2 N–H and O–H groups in total. The Balaban J connectivity index is 0. The molecule has 0 amide bonds. The Kier molecular flexibility index (Phi) is 20.1. The number of carboxylic acids is 1. The highest BCUT2D eigenvalue weighted by atomic mass is 16.4. The highest BCUT2D eigenvalue weighted by Crippen LogP contribution is 2.11. The maximum absolute atomic E-state index is 10.2. The number of aliphatic hydroxyl groups is 1. The number of allylic oxidation sites excluding steroid dienone is 4. The summed E-state index contributed by atoms with van der Waals surface area (Å²) in [4.78, 5) is 10.2. The van der Waals surface area contributed by atoms with Gasteiger partial charge in [-0.15, -0.1) is 0 Å². The molecule has 0 fully saturated rings. The van der Waals surface area contributed by atoms with E-state index in [-0.39, 0.29) is 12.5 Å². The van der Waals surface area contributed by atoms with Gasteiger partial charge in [0.2, 0.25) is 0 Å². The van der Waals surface area contributed by atoms with Crippen molar-refractivity contribution in [3.63, 3.8) is 0 Å². The van der Waals surface area contributed by atoms with Crippen LogP contribution in [0.4, 0.5) is 0 Å². The number of unbranched alkanes of at least 4 members (excludes halogenated alkanes) is 4. The van der Waals surface area contributed by atoms with Crippen LogP contribution >= 0.6 is 0 Å². The second-order valence-electron chi connectivity index (χ2n) is 7.10. The lowest BCUT2D eigenvalue weighted by atomic mass is 10.0. The highest BCUT2D eigenvalue weighted by molar-refractivity contribution is 5.66. The molecule has 0 aromatic heterocycles. The molecular formula is C22H42O3. The van der Waals surface area contributed by atoms with Gasteiger partial charge in [0.05, 0.1) is 6.10 Å². The summed E-state index contributed by atoms with van der Waals surface area (Å²) in [5.74, 6) is -0.773. The van der Waals surface area contributed by atoms with Gasteiger partial charge < -0.3 is 10.2 Å². The van der Waals surface area contributed by atoms with E-state index in [2.05, 4.69) is 46.8 Å². The van der Waals surface area contributed by atoms with E-state index < -0.39 is 5.97 Å². The van der Waals surface area contributed by atoms with Crippen LogP contribution in [0, 0.1) is 0 Å². The third-order valence-electron chi connectivity index (χ3n) is 4.15. The van der Waals surface area contributed by atoms with Crippen molar-refractivity contribution < 1.29 is 15.0 Å². The molecule has 0 aliphatic heterocycles. The monoisotopic (exact) mass is 354 g/mol. The Bertz CT molecular complexity index is 365. The molecule has 0 radical (unpaired) electrons. The minimum atomic E-state index is -0.773. The van der Waals surface area contributed by atoms with E-state index >= 15 is 0 Å². The SMILES string of the molecule is C/C=C(\C)CCC=C(C)C.CCCCCCCC(O)CCCC(=O)O. The molecule has 0 bridgehead atoms. The largest absolute Gasteiger partial charge is 0.481 e. The average Bonchev–Trinajstić information content (AvgIpc) is 2.54. The van der Waals surface area contributed by atoms with Crippen LogP contribution in [-0.2, 0) is 4.79 Å². The van der Waals surface area contributed by atoms with Crippen molar-refractivity contribution in [1.29, 1.82) is 0 Å². The summed E-state index contributed by atoms with van der Waals surface area (Å²) in [7, 11) is 0. The summed E-state index contributed by atoms with van der Waals surface area (Å²) in [6.45, 7) is 10.7. The molecule has 0 aromatic carbocycles. The molecule has 0 aromatic rings. The van der Waals surface area contributed by atoms with Gasteiger partial charge in [-0.25, -0.2) is 0 Å². The van der Waals surface area contributed by atoms with E-state index in [0.29, 0.717) is 12.8 Å². The van der Waals surface area contributed by atoms with Crippen LogP contribution in [0.2, 0.25) is 0 Å². The molecule has 25 heavy (non-hydrogen) atoms. The summed E-state index contributed by atoms with van der Waals surface area (Å²) < 4.78 is 0. The first-order valence-electron chi connectivity index (χ1n) is 9.98. The first kappa shape index (κ1) is 26.1. The van der Waals surface area contributed by atoms with Gasteiger partial charge in [0.15, 0.2) is 0 Å². The van der Waals surface area contributed by atoms with E-state index in [9.17, 15) is 9.90 Å². The molecule has 3 nitrogen and oxygen atoms in total.